The lowest BCUT2D eigenvalue weighted by molar-refractivity contribution is 0.147. The first-order valence-electron chi connectivity index (χ1n) is 6.81. The van der Waals surface area contributed by atoms with E-state index in [0.29, 0.717) is 12.0 Å². The molecule has 106 valence electrons. The van der Waals surface area contributed by atoms with Crippen LogP contribution in [0.4, 0.5) is 4.39 Å². The van der Waals surface area contributed by atoms with E-state index in [0.717, 1.165) is 13.1 Å². The smallest absolute Gasteiger partial charge is 0.123 e. The fourth-order valence-corrected chi connectivity index (χ4v) is 2.20. The van der Waals surface area contributed by atoms with E-state index in [4.69, 9.17) is 0 Å². The first-order chi connectivity index (χ1) is 9.65. The number of aliphatic hydroxyl groups excluding tert-OH is 1. The lowest BCUT2D eigenvalue weighted by Gasteiger charge is -2.19. The minimum absolute atomic E-state index is 0.306. The van der Waals surface area contributed by atoms with Gasteiger partial charge < -0.3 is 10.0 Å². The van der Waals surface area contributed by atoms with Crippen LogP contribution in [-0.4, -0.2) is 23.6 Å². The van der Waals surface area contributed by atoms with Crippen molar-refractivity contribution in [3.63, 3.8) is 0 Å². The zero-order valence-electron chi connectivity index (χ0n) is 11.7. The van der Waals surface area contributed by atoms with Gasteiger partial charge in [0.1, 0.15) is 5.82 Å². The summed E-state index contributed by atoms with van der Waals surface area (Å²) in [6.07, 6.45) is -0.0313. The van der Waals surface area contributed by atoms with Crippen LogP contribution >= 0.6 is 0 Å². The maximum atomic E-state index is 13.1. The molecule has 20 heavy (non-hydrogen) atoms. The third kappa shape index (κ3) is 4.44. The summed E-state index contributed by atoms with van der Waals surface area (Å²) in [5, 5.41) is 10.1. The second-order valence-electron chi connectivity index (χ2n) is 5.08. The lowest BCUT2D eigenvalue weighted by atomic mass is 10.1. The third-order valence-corrected chi connectivity index (χ3v) is 3.31. The zero-order chi connectivity index (χ0) is 14.4. The molecule has 1 unspecified atom stereocenters. The van der Waals surface area contributed by atoms with Crippen LogP contribution in [0.15, 0.2) is 54.6 Å². The fraction of sp³-hybridized carbons (Fsp3) is 0.294. The highest BCUT2D eigenvalue weighted by Crippen LogP contribution is 2.18. The molecule has 3 heteroatoms. The first-order valence-corrected chi connectivity index (χ1v) is 6.81. The number of halogens is 1. The van der Waals surface area contributed by atoms with Crippen LogP contribution in [-0.2, 0) is 6.54 Å². The van der Waals surface area contributed by atoms with E-state index in [-0.39, 0.29) is 5.82 Å². The molecule has 0 bridgehead atoms. The Labute approximate surface area is 119 Å². The summed E-state index contributed by atoms with van der Waals surface area (Å²) in [6.45, 7) is 1.60. The molecule has 0 aromatic heterocycles. The molecule has 0 fully saturated rings. The van der Waals surface area contributed by atoms with Crippen molar-refractivity contribution < 1.29 is 9.50 Å². The van der Waals surface area contributed by atoms with Crippen molar-refractivity contribution in [3.05, 3.63) is 71.5 Å². The second kappa shape index (κ2) is 7.17. The van der Waals surface area contributed by atoms with Crippen molar-refractivity contribution in [2.45, 2.75) is 19.1 Å². The highest BCUT2D eigenvalue weighted by molar-refractivity contribution is 5.18. The van der Waals surface area contributed by atoms with Crippen LogP contribution < -0.4 is 0 Å². The maximum absolute atomic E-state index is 13.1. The van der Waals surface area contributed by atoms with E-state index in [2.05, 4.69) is 17.0 Å². The van der Waals surface area contributed by atoms with Crippen LogP contribution in [0.3, 0.4) is 0 Å². The molecule has 0 saturated heterocycles. The Kier molecular flexibility index (Phi) is 5.27. The van der Waals surface area contributed by atoms with Gasteiger partial charge in [0.15, 0.2) is 0 Å². The molecule has 0 amide bonds. The lowest BCUT2D eigenvalue weighted by Crippen LogP contribution is -2.20. The minimum Gasteiger partial charge on any atom is -0.388 e. The Morgan fingerprint density at radius 2 is 1.85 bits per heavy atom. The molecular formula is C17H20FNO. The van der Waals surface area contributed by atoms with Crippen molar-refractivity contribution >= 4 is 0 Å². The normalized spacial score (nSPS) is 12.6. The van der Waals surface area contributed by atoms with E-state index >= 15 is 0 Å². The van der Waals surface area contributed by atoms with Gasteiger partial charge >= 0.3 is 0 Å². The number of hydrogen-bond donors (Lipinski definition) is 1. The minimum atomic E-state index is -0.621. The quantitative estimate of drug-likeness (QED) is 0.872. The third-order valence-electron chi connectivity index (χ3n) is 3.31. The maximum Gasteiger partial charge on any atom is 0.123 e. The summed E-state index contributed by atoms with van der Waals surface area (Å²) < 4.78 is 13.1. The van der Waals surface area contributed by atoms with E-state index in [1.54, 1.807) is 12.1 Å². The molecule has 2 rings (SSSR count). The van der Waals surface area contributed by atoms with Crippen LogP contribution in [0.2, 0.25) is 0 Å². The Hall–Kier alpha value is -1.71. The van der Waals surface area contributed by atoms with Crippen molar-refractivity contribution in [1.29, 1.82) is 0 Å². The van der Waals surface area contributed by atoms with Crippen molar-refractivity contribution in [1.82, 2.24) is 4.90 Å². The number of benzene rings is 2. The Balaban J connectivity index is 1.82. The largest absolute Gasteiger partial charge is 0.388 e. The molecule has 0 aliphatic carbocycles. The molecular weight excluding hydrogens is 253 g/mol. The van der Waals surface area contributed by atoms with E-state index in [9.17, 15) is 9.50 Å². The predicted octanol–water partition coefficient (Wildman–Crippen LogP) is 3.38. The standard InChI is InChI=1S/C17H20FNO/c1-19(13-14-6-3-2-4-7-14)11-10-17(20)15-8-5-9-16(18)12-15/h2-9,12,17,20H,10-11,13H2,1H3. The van der Waals surface area contributed by atoms with Gasteiger partial charge in [0.25, 0.3) is 0 Å². The number of nitrogens with zero attached hydrogens (tertiary/aromatic N) is 1. The molecule has 2 aromatic rings. The van der Waals surface area contributed by atoms with Gasteiger partial charge in [-0.2, -0.15) is 0 Å². The van der Waals surface area contributed by atoms with Crippen LogP contribution in [0.5, 0.6) is 0 Å². The molecule has 2 nitrogen and oxygen atoms in total. The van der Waals surface area contributed by atoms with Gasteiger partial charge in [-0.15, -0.1) is 0 Å². The first kappa shape index (κ1) is 14.7. The second-order valence-corrected chi connectivity index (χ2v) is 5.08. The summed E-state index contributed by atoms with van der Waals surface area (Å²) in [7, 11) is 2.02. The van der Waals surface area contributed by atoms with E-state index < -0.39 is 6.10 Å². The van der Waals surface area contributed by atoms with Crippen LogP contribution in [0, 0.1) is 5.82 Å². The van der Waals surface area contributed by atoms with Gasteiger partial charge in [-0.1, -0.05) is 42.5 Å². The molecule has 0 aliphatic rings. The topological polar surface area (TPSA) is 23.5 Å². The Morgan fingerprint density at radius 3 is 2.55 bits per heavy atom. The van der Waals surface area contributed by atoms with Crippen LogP contribution in [0.25, 0.3) is 0 Å². The molecule has 0 saturated carbocycles. The number of hydrogen-bond acceptors (Lipinski definition) is 2. The molecule has 2 aromatic carbocycles. The van der Waals surface area contributed by atoms with Crippen molar-refractivity contribution in [3.8, 4) is 0 Å². The molecule has 1 N–H and O–H groups in total. The van der Waals surface area contributed by atoms with Crippen molar-refractivity contribution in [2.24, 2.45) is 0 Å². The average molecular weight is 273 g/mol. The van der Waals surface area contributed by atoms with Gasteiger partial charge in [-0.25, -0.2) is 4.39 Å². The van der Waals surface area contributed by atoms with Gasteiger partial charge in [-0.3, -0.25) is 0 Å². The molecule has 0 spiro atoms. The van der Waals surface area contributed by atoms with Crippen LogP contribution in [0.1, 0.15) is 23.7 Å². The summed E-state index contributed by atoms with van der Waals surface area (Å²) in [6, 6.07) is 16.4. The zero-order valence-corrected chi connectivity index (χ0v) is 11.7. The van der Waals surface area contributed by atoms with E-state index in [1.807, 2.05) is 25.2 Å². The highest BCUT2D eigenvalue weighted by Gasteiger charge is 2.09. The van der Waals surface area contributed by atoms with Crippen molar-refractivity contribution in [2.75, 3.05) is 13.6 Å². The Bertz CT molecular complexity index is 530. The van der Waals surface area contributed by atoms with E-state index in [1.165, 1.54) is 17.7 Å². The predicted molar refractivity (Wildman–Crippen MR) is 78.8 cm³/mol. The summed E-state index contributed by atoms with van der Waals surface area (Å²) in [5.74, 6) is -0.306. The molecule has 1 atom stereocenters. The summed E-state index contributed by atoms with van der Waals surface area (Å²) in [4.78, 5) is 2.15. The summed E-state index contributed by atoms with van der Waals surface area (Å²) >= 11 is 0. The highest BCUT2D eigenvalue weighted by atomic mass is 19.1. The number of aliphatic hydroxyl groups is 1. The average Bonchev–Trinajstić information content (AvgIpc) is 2.46. The van der Waals surface area contributed by atoms with Gasteiger partial charge in [0, 0.05) is 13.1 Å². The Morgan fingerprint density at radius 1 is 1.10 bits per heavy atom. The van der Waals surface area contributed by atoms with Gasteiger partial charge in [0.2, 0.25) is 0 Å². The number of rotatable bonds is 6. The molecule has 0 heterocycles. The SMILES string of the molecule is CN(CCC(O)c1cccc(F)c1)Cc1ccccc1. The summed E-state index contributed by atoms with van der Waals surface area (Å²) in [5.41, 5.74) is 1.88. The molecule has 0 aliphatic heterocycles. The van der Waals surface area contributed by atoms with Gasteiger partial charge in [0.05, 0.1) is 6.10 Å². The molecule has 0 radical (unpaired) electrons. The fourth-order valence-electron chi connectivity index (χ4n) is 2.20. The van der Waals surface area contributed by atoms with Gasteiger partial charge in [-0.05, 0) is 36.7 Å². The monoisotopic (exact) mass is 273 g/mol.